The lowest BCUT2D eigenvalue weighted by Crippen LogP contribution is -2.37. The molecule has 0 aliphatic carbocycles. The summed E-state index contributed by atoms with van der Waals surface area (Å²) in [6.07, 6.45) is 0.218. The molecule has 3 N–H and O–H groups in total. The highest BCUT2D eigenvalue weighted by atomic mass is 16.6. The van der Waals surface area contributed by atoms with Crippen molar-refractivity contribution in [1.82, 2.24) is 0 Å². The van der Waals surface area contributed by atoms with Crippen molar-refractivity contribution in [2.75, 3.05) is 6.61 Å². The number of carbonyl (C=O) groups excluding carboxylic acids is 1. The predicted molar refractivity (Wildman–Crippen MR) is 49.4 cm³/mol. The molecule has 0 amide bonds. The fourth-order valence-corrected chi connectivity index (χ4v) is 1.66. The Kier molecular flexibility index (Phi) is 2.02. The molecule has 0 radical (unpaired) electrons. The standard InChI is InChI=1S/C10H11NO3/c11-10(5-6-12)8-4-2-1-3-7(8)9(13)14-10/h1-4,12H,5-6,11H2. The van der Waals surface area contributed by atoms with Gasteiger partial charge in [0.2, 0.25) is 0 Å². The van der Waals surface area contributed by atoms with Gasteiger partial charge in [-0.15, -0.1) is 0 Å². The highest BCUT2D eigenvalue weighted by Crippen LogP contribution is 2.34. The topological polar surface area (TPSA) is 72.6 Å². The summed E-state index contributed by atoms with van der Waals surface area (Å²) in [6, 6.07) is 6.96. The number of cyclic esters (lactones) is 1. The summed E-state index contributed by atoms with van der Waals surface area (Å²) in [5, 5.41) is 8.83. The number of ether oxygens (including phenoxy) is 1. The Balaban J connectivity index is 2.48. The van der Waals surface area contributed by atoms with E-state index in [0.29, 0.717) is 11.1 Å². The predicted octanol–water partition coefficient (Wildman–Crippen LogP) is 0.351. The van der Waals surface area contributed by atoms with Gasteiger partial charge in [-0.25, -0.2) is 4.79 Å². The molecule has 1 aromatic carbocycles. The molecule has 1 aliphatic rings. The van der Waals surface area contributed by atoms with Crippen LogP contribution in [0.15, 0.2) is 24.3 Å². The van der Waals surface area contributed by atoms with Crippen molar-refractivity contribution < 1.29 is 14.6 Å². The lowest BCUT2D eigenvalue weighted by molar-refractivity contribution is -0.0167. The number of rotatable bonds is 2. The quantitative estimate of drug-likeness (QED) is 0.665. The minimum Gasteiger partial charge on any atom is -0.436 e. The van der Waals surface area contributed by atoms with Crippen molar-refractivity contribution >= 4 is 5.97 Å². The molecule has 4 nitrogen and oxygen atoms in total. The summed E-state index contributed by atoms with van der Waals surface area (Å²) in [4.78, 5) is 11.4. The van der Waals surface area contributed by atoms with E-state index >= 15 is 0 Å². The summed E-state index contributed by atoms with van der Waals surface area (Å²) in [6.45, 7) is -0.113. The monoisotopic (exact) mass is 193 g/mol. The number of hydrogen-bond donors (Lipinski definition) is 2. The molecule has 14 heavy (non-hydrogen) atoms. The van der Waals surface area contributed by atoms with Gasteiger partial charge in [0.1, 0.15) is 0 Å². The average molecular weight is 193 g/mol. The van der Waals surface area contributed by atoms with E-state index in [1.807, 2.05) is 0 Å². The Morgan fingerprint density at radius 2 is 2.14 bits per heavy atom. The van der Waals surface area contributed by atoms with Crippen LogP contribution in [-0.2, 0) is 10.5 Å². The van der Waals surface area contributed by atoms with Crippen LogP contribution in [-0.4, -0.2) is 17.7 Å². The van der Waals surface area contributed by atoms with Gasteiger partial charge < -0.3 is 9.84 Å². The maximum Gasteiger partial charge on any atom is 0.340 e. The lowest BCUT2D eigenvalue weighted by atomic mass is 9.98. The van der Waals surface area contributed by atoms with Crippen LogP contribution in [0.3, 0.4) is 0 Å². The van der Waals surface area contributed by atoms with Crippen molar-refractivity contribution in [3.8, 4) is 0 Å². The second-order valence-corrected chi connectivity index (χ2v) is 3.30. The number of benzene rings is 1. The number of esters is 1. The van der Waals surface area contributed by atoms with E-state index in [4.69, 9.17) is 15.6 Å². The van der Waals surface area contributed by atoms with Crippen molar-refractivity contribution in [1.29, 1.82) is 0 Å². The largest absolute Gasteiger partial charge is 0.436 e. The lowest BCUT2D eigenvalue weighted by Gasteiger charge is -2.22. The van der Waals surface area contributed by atoms with E-state index in [1.165, 1.54) is 0 Å². The van der Waals surface area contributed by atoms with Crippen LogP contribution in [0.4, 0.5) is 0 Å². The smallest absolute Gasteiger partial charge is 0.340 e. The molecular formula is C10H11NO3. The molecule has 0 spiro atoms. The first-order chi connectivity index (χ1) is 6.67. The number of hydrogen-bond acceptors (Lipinski definition) is 4. The van der Waals surface area contributed by atoms with E-state index in [2.05, 4.69) is 0 Å². The van der Waals surface area contributed by atoms with Gasteiger partial charge in [-0.1, -0.05) is 18.2 Å². The summed E-state index contributed by atoms with van der Waals surface area (Å²) < 4.78 is 5.04. The van der Waals surface area contributed by atoms with E-state index < -0.39 is 11.7 Å². The van der Waals surface area contributed by atoms with Gasteiger partial charge in [-0.2, -0.15) is 0 Å². The Morgan fingerprint density at radius 1 is 1.43 bits per heavy atom. The molecule has 1 aliphatic heterocycles. The van der Waals surface area contributed by atoms with Crippen LogP contribution in [0.5, 0.6) is 0 Å². The van der Waals surface area contributed by atoms with E-state index in [1.54, 1.807) is 24.3 Å². The highest BCUT2D eigenvalue weighted by molar-refractivity contribution is 5.94. The fraction of sp³-hybridized carbons (Fsp3) is 0.300. The van der Waals surface area contributed by atoms with E-state index in [0.717, 1.165) is 0 Å². The summed E-state index contributed by atoms with van der Waals surface area (Å²) >= 11 is 0. The van der Waals surface area contributed by atoms with Crippen molar-refractivity contribution in [3.05, 3.63) is 35.4 Å². The molecule has 0 fully saturated rings. The zero-order valence-corrected chi connectivity index (χ0v) is 7.56. The van der Waals surface area contributed by atoms with Gasteiger partial charge >= 0.3 is 5.97 Å². The number of nitrogens with two attached hydrogens (primary N) is 1. The van der Waals surface area contributed by atoms with Crippen LogP contribution >= 0.6 is 0 Å². The molecule has 0 saturated carbocycles. The van der Waals surface area contributed by atoms with Gasteiger partial charge in [0.15, 0.2) is 5.72 Å². The molecule has 0 saturated heterocycles. The third-order valence-corrected chi connectivity index (χ3v) is 2.36. The van der Waals surface area contributed by atoms with Crippen LogP contribution in [0.25, 0.3) is 0 Å². The Hall–Kier alpha value is -1.39. The second-order valence-electron chi connectivity index (χ2n) is 3.30. The Labute approximate surface area is 81.3 Å². The number of fused-ring (bicyclic) bond motifs is 1. The van der Waals surface area contributed by atoms with E-state index in [9.17, 15) is 4.79 Å². The van der Waals surface area contributed by atoms with E-state index in [-0.39, 0.29) is 13.0 Å². The minimum absolute atomic E-state index is 0.113. The molecule has 0 bridgehead atoms. The van der Waals surface area contributed by atoms with Gasteiger partial charge in [-0.3, -0.25) is 5.73 Å². The molecular weight excluding hydrogens is 182 g/mol. The molecule has 2 rings (SSSR count). The minimum atomic E-state index is -1.15. The van der Waals surface area contributed by atoms with Gasteiger partial charge in [0.05, 0.1) is 5.56 Å². The SMILES string of the molecule is NC1(CCO)OC(=O)c2ccccc21. The maximum absolute atomic E-state index is 11.4. The van der Waals surface area contributed by atoms with Gasteiger partial charge in [0, 0.05) is 18.6 Å². The van der Waals surface area contributed by atoms with Crippen LogP contribution < -0.4 is 5.73 Å². The fourth-order valence-electron chi connectivity index (χ4n) is 1.66. The third-order valence-electron chi connectivity index (χ3n) is 2.36. The Bertz CT molecular complexity index is 377. The molecule has 4 heteroatoms. The van der Waals surface area contributed by atoms with Crippen LogP contribution in [0, 0.1) is 0 Å². The normalized spacial score (nSPS) is 24.6. The molecule has 74 valence electrons. The molecule has 0 aromatic heterocycles. The summed E-state index contributed by atoms with van der Waals surface area (Å²) in [5.74, 6) is -0.420. The number of aliphatic hydroxyl groups is 1. The van der Waals surface area contributed by atoms with Crippen LogP contribution in [0.1, 0.15) is 22.3 Å². The maximum atomic E-state index is 11.4. The first kappa shape index (κ1) is 9.18. The molecule has 1 aromatic rings. The first-order valence-electron chi connectivity index (χ1n) is 4.40. The Morgan fingerprint density at radius 3 is 2.86 bits per heavy atom. The van der Waals surface area contributed by atoms with Gasteiger partial charge in [-0.05, 0) is 6.07 Å². The average Bonchev–Trinajstić information content (AvgIpc) is 2.41. The first-order valence-corrected chi connectivity index (χ1v) is 4.40. The summed E-state index contributed by atoms with van der Waals surface area (Å²) in [5.41, 5.74) is 5.86. The second kappa shape index (κ2) is 3.08. The van der Waals surface area contributed by atoms with Crippen molar-refractivity contribution in [2.45, 2.75) is 12.1 Å². The number of aliphatic hydroxyl groups excluding tert-OH is 1. The van der Waals surface area contributed by atoms with Crippen LogP contribution in [0.2, 0.25) is 0 Å². The van der Waals surface area contributed by atoms with Crippen molar-refractivity contribution in [3.63, 3.8) is 0 Å². The summed E-state index contributed by atoms with van der Waals surface area (Å²) in [7, 11) is 0. The van der Waals surface area contributed by atoms with Gasteiger partial charge in [0.25, 0.3) is 0 Å². The van der Waals surface area contributed by atoms with Crippen molar-refractivity contribution in [2.24, 2.45) is 5.73 Å². The molecule has 1 unspecified atom stereocenters. The molecule has 1 atom stereocenters. The number of carbonyl (C=O) groups is 1. The third kappa shape index (κ3) is 1.20. The highest BCUT2D eigenvalue weighted by Gasteiger charge is 2.41. The molecule has 1 heterocycles. The zero-order valence-electron chi connectivity index (χ0n) is 7.56. The zero-order chi connectivity index (χ0) is 10.2.